The summed E-state index contributed by atoms with van der Waals surface area (Å²) in [5.74, 6) is 0.361. The van der Waals surface area contributed by atoms with E-state index in [1.165, 1.54) is 5.56 Å². The van der Waals surface area contributed by atoms with Gasteiger partial charge in [-0.15, -0.1) is 0 Å². The summed E-state index contributed by atoms with van der Waals surface area (Å²) < 4.78 is 21.6. The molecule has 8 saturated heterocycles. The molecular weight excluding hydrogens is 1200 g/mol. The Labute approximate surface area is 562 Å². The highest BCUT2D eigenvalue weighted by atomic mass is 16.6. The molecule has 5 atom stereocenters. The molecule has 8 fully saturated rings. The third kappa shape index (κ3) is 18.8. The molecule has 0 saturated carbocycles. The molecule has 19 nitrogen and oxygen atoms in total. The van der Waals surface area contributed by atoms with Crippen LogP contribution in [0.25, 0.3) is 0 Å². The number of carbonyl (C=O) groups is 7. The van der Waals surface area contributed by atoms with Crippen molar-refractivity contribution in [1.29, 1.82) is 0 Å². The van der Waals surface area contributed by atoms with Gasteiger partial charge < -0.3 is 58.9 Å². The minimum Gasteiger partial charge on any atom is -0.445 e. The van der Waals surface area contributed by atoms with Crippen LogP contribution >= 0.6 is 0 Å². The van der Waals surface area contributed by atoms with E-state index in [1.807, 2.05) is 187 Å². The standard InChI is InChI=1S/C22H24N2O3.C15H19NO3.C14H18N2O.C13H17NO2.C12H22N2O2/c25-20-22(13-15-23(20)16-18-8-3-1-4-9-18)12-7-14-24(22)21(26)27-17-19-10-5-2-6-11-19;1-15(9-11-17)8-5-10-16(15)14(18)19-12-13-6-3-2-4-7-13;17-13-14(7-4-9-15-14)8-10-16(13)11-12-5-2-1-3-6-12;1-11-6-5-9-14(11)13(15)16-10-12-7-3-2-4-8-12;1-11(2,3)16-10(15)14-8-4-5-12(14)6-7-13-9-12/h1-6,8-11H,7,12-17H2;2-4,6-7,11H,5,8-10,12H2,1H3;1-3,5-6,15H,4,7-11H2;2-4,7-8,11H,5-6,9-10H2,1H3;13H,4-9H2,1-3H3. The molecular formula is C76H100N8O11. The van der Waals surface area contributed by atoms with Crippen LogP contribution in [0.2, 0.25) is 0 Å². The van der Waals surface area contributed by atoms with Crippen LogP contribution in [0.5, 0.6) is 0 Å². The summed E-state index contributed by atoms with van der Waals surface area (Å²) in [6.07, 6.45) is 12.8. The zero-order valence-corrected chi connectivity index (χ0v) is 56.6. The third-order valence-electron chi connectivity index (χ3n) is 19.7. The maximum atomic E-state index is 13.2. The Hall–Kier alpha value is -8.29. The molecule has 8 aliphatic heterocycles. The second-order valence-corrected chi connectivity index (χ2v) is 27.6. The number of carbonyl (C=O) groups excluding carboxylic acids is 7. The van der Waals surface area contributed by atoms with Crippen molar-refractivity contribution in [1.82, 2.24) is 40.0 Å². The van der Waals surface area contributed by atoms with Crippen molar-refractivity contribution in [2.75, 3.05) is 58.9 Å². The number of benzene rings is 5. The number of nitrogens with zero attached hydrogens (tertiary/aromatic N) is 6. The first-order chi connectivity index (χ1) is 45.8. The van der Waals surface area contributed by atoms with Gasteiger partial charge in [-0.1, -0.05) is 152 Å². The van der Waals surface area contributed by atoms with Gasteiger partial charge in [0, 0.05) is 71.4 Å². The topological polar surface area (TPSA) is 200 Å². The minimum atomic E-state index is -0.720. The van der Waals surface area contributed by atoms with Gasteiger partial charge in [0.25, 0.3) is 0 Å². The molecule has 6 amide bonds. The summed E-state index contributed by atoms with van der Waals surface area (Å²) in [5, 5.41) is 6.76. The molecule has 0 bridgehead atoms. The van der Waals surface area contributed by atoms with Gasteiger partial charge >= 0.3 is 24.4 Å². The van der Waals surface area contributed by atoms with E-state index in [-0.39, 0.29) is 60.1 Å². The molecule has 5 unspecified atom stereocenters. The maximum absolute atomic E-state index is 13.2. The van der Waals surface area contributed by atoms with Gasteiger partial charge in [-0.2, -0.15) is 0 Å². The highest BCUT2D eigenvalue weighted by Gasteiger charge is 2.56. The van der Waals surface area contributed by atoms with Gasteiger partial charge in [0.15, 0.2) is 0 Å². The number of ether oxygens (including phenoxy) is 4. The quantitative estimate of drug-likeness (QED) is 0.0884. The van der Waals surface area contributed by atoms with Gasteiger partial charge in [0.1, 0.15) is 37.2 Å². The summed E-state index contributed by atoms with van der Waals surface area (Å²) in [5.41, 5.74) is 3.61. The molecule has 2 N–H and O–H groups in total. The van der Waals surface area contributed by atoms with Gasteiger partial charge in [0.2, 0.25) is 11.8 Å². The van der Waals surface area contributed by atoms with Gasteiger partial charge in [-0.25, -0.2) is 19.2 Å². The molecule has 5 aromatic rings. The number of rotatable bonds is 12. The molecule has 8 aliphatic rings. The molecule has 0 aliphatic carbocycles. The number of hydrogen-bond donors (Lipinski definition) is 2. The Morgan fingerprint density at radius 3 is 1.48 bits per heavy atom. The zero-order valence-electron chi connectivity index (χ0n) is 56.6. The summed E-state index contributed by atoms with van der Waals surface area (Å²) in [6, 6.07) is 49.5. The first-order valence-corrected chi connectivity index (χ1v) is 34.4. The first-order valence-electron chi connectivity index (χ1n) is 34.4. The first kappa shape index (κ1) is 71.0. The second kappa shape index (κ2) is 33.4. The van der Waals surface area contributed by atoms with Crippen LogP contribution in [0.1, 0.15) is 152 Å². The van der Waals surface area contributed by atoms with E-state index in [0.29, 0.717) is 57.6 Å². The van der Waals surface area contributed by atoms with Crippen LogP contribution < -0.4 is 10.6 Å². The lowest BCUT2D eigenvalue weighted by Crippen LogP contribution is -2.52. The molecule has 5 aromatic carbocycles. The van der Waals surface area contributed by atoms with Crippen LogP contribution in [0.3, 0.4) is 0 Å². The molecule has 0 radical (unpaired) electrons. The van der Waals surface area contributed by atoms with Crippen LogP contribution in [0, 0.1) is 0 Å². The molecule has 13 rings (SSSR count). The summed E-state index contributed by atoms with van der Waals surface area (Å²) in [4.78, 5) is 96.0. The molecule has 3 spiro atoms. The van der Waals surface area contributed by atoms with Crippen molar-refractivity contribution in [3.63, 3.8) is 0 Å². The van der Waals surface area contributed by atoms with Crippen molar-refractivity contribution < 1.29 is 52.5 Å². The monoisotopic (exact) mass is 1300 g/mol. The number of nitrogens with one attached hydrogen (secondary N) is 2. The Bertz CT molecular complexity index is 3270. The van der Waals surface area contributed by atoms with E-state index in [1.54, 1.807) is 9.80 Å². The van der Waals surface area contributed by atoms with E-state index < -0.39 is 11.1 Å². The van der Waals surface area contributed by atoms with Crippen molar-refractivity contribution in [2.45, 2.75) is 191 Å². The summed E-state index contributed by atoms with van der Waals surface area (Å²) in [6.45, 7) is 19.4. The Morgan fingerprint density at radius 2 is 0.989 bits per heavy atom. The molecule has 0 aromatic heterocycles. The fraction of sp³-hybridized carbons (Fsp3) is 0.513. The fourth-order valence-electron chi connectivity index (χ4n) is 14.4. The SMILES string of the molecule is CC(C)(C)OC(=O)N1CCCC12CCNC2.CC1(CC=O)CCCN1C(=O)OCc1ccccc1.CC1CCCN1C(=O)OCc1ccccc1.O=C(OCc1ccccc1)N1CCCC12CCN(Cc1ccccc1)C2=O.O=C1N(Cc2ccccc2)CCC12CCCN2. The number of hydrogen-bond acceptors (Lipinski definition) is 13. The van der Waals surface area contributed by atoms with Crippen molar-refractivity contribution in [2.24, 2.45) is 0 Å². The van der Waals surface area contributed by atoms with Crippen molar-refractivity contribution >= 4 is 42.5 Å². The zero-order chi connectivity index (χ0) is 67.3. The summed E-state index contributed by atoms with van der Waals surface area (Å²) >= 11 is 0. The van der Waals surface area contributed by atoms with Crippen LogP contribution in [-0.4, -0.2) is 165 Å². The van der Waals surface area contributed by atoms with Gasteiger partial charge in [-0.05, 0) is 159 Å². The molecule has 8 heterocycles. The lowest BCUT2D eigenvalue weighted by atomic mass is 9.94. The van der Waals surface area contributed by atoms with Crippen LogP contribution in [0.4, 0.5) is 19.2 Å². The normalized spacial score (nSPS) is 24.1. The lowest BCUT2D eigenvalue weighted by Gasteiger charge is -2.35. The molecule has 510 valence electrons. The number of likely N-dealkylation sites (tertiary alicyclic amines) is 6. The number of aldehydes is 1. The van der Waals surface area contributed by atoms with Crippen molar-refractivity contribution in [3.8, 4) is 0 Å². The predicted octanol–water partition coefficient (Wildman–Crippen LogP) is 12.5. The average molecular weight is 1300 g/mol. The maximum Gasteiger partial charge on any atom is 0.411 e. The minimum absolute atomic E-state index is 0.0440. The smallest absolute Gasteiger partial charge is 0.411 e. The molecule has 19 heteroatoms. The highest BCUT2D eigenvalue weighted by molar-refractivity contribution is 5.92. The fourth-order valence-corrected chi connectivity index (χ4v) is 14.4. The third-order valence-corrected chi connectivity index (χ3v) is 19.7. The summed E-state index contributed by atoms with van der Waals surface area (Å²) in [7, 11) is 0. The largest absolute Gasteiger partial charge is 0.445 e. The number of amides is 6. The molecule has 95 heavy (non-hydrogen) atoms. The van der Waals surface area contributed by atoms with Gasteiger partial charge in [0.05, 0.1) is 16.6 Å². The van der Waals surface area contributed by atoms with E-state index in [2.05, 4.69) is 29.7 Å². The Kier molecular flexibility index (Phi) is 25.0. The predicted molar refractivity (Wildman–Crippen MR) is 364 cm³/mol. The van der Waals surface area contributed by atoms with Crippen molar-refractivity contribution in [3.05, 3.63) is 179 Å². The Morgan fingerprint density at radius 1 is 0.505 bits per heavy atom. The van der Waals surface area contributed by atoms with E-state index in [0.717, 1.165) is 151 Å². The average Bonchev–Trinajstić information content (AvgIpc) is 1.62. The van der Waals surface area contributed by atoms with E-state index >= 15 is 0 Å². The van der Waals surface area contributed by atoms with Gasteiger partial charge in [-0.3, -0.25) is 14.5 Å². The highest BCUT2D eigenvalue weighted by Crippen LogP contribution is 2.41. The Balaban J connectivity index is 0.000000142. The van der Waals surface area contributed by atoms with Crippen LogP contribution in [-0.2, 0) is 66.2 Å². The second-order valence-electron chi connectivity index (χ2n) is 27.6. The van der Waals surface area contributed by atoms with Crippen LogP contribution in [0.15, 0.2) is 152 Å². The lowest BCUT2D eigenvalue weighted by molar-refractivity contribution is -0.136. The van der Waals surface area contributed by atoms with E-state index in [4.69, 9.17) is 18.9 Å². The van der Waals surface area contributed by atoms with E-state index in [9.17, 15) is 33.6 Å².